The molecule has 0 spiro atoms. The Morgan fingerprint density at radius 2 is 2.00 bits per heavy atom. The molecule has 0 aliphatic carbocycles. The first-order chi connectivity index (χ1) is 11.7. The number of hydrogen-bond donors (Lipinski definition) is 0. The van der Waals surface area contributed by atoms with Gasteiger partial charge in [0.2, 0.25) is 0 Å². The van der Waals surface area contributed by atoms with Crippen molar-refractivity contribution in [1.29, 1.82) is 0 Å². The van der Waals surface area contributed by atoms with Crippen LogP contribution in [0.5, 0.6) is 0 Å². The fraction of sp³-hybridized carbons (Fsp3) is 0.188. The highest BCUT2D eigenvalue weighted by molar-refractivity contribution is 7.98. The van der Waals surface area contributed by atoms with E-state index < -0.39 is 5.97 Å². The van der Waals surface area contributed by atoms with Gasteiger partial charge in [-0.2, -0.15) is 0 Å². The van der Waals surface area contributed by atoms with Gasteiger partial charge in [0.1, 0.15) is 12.3 Å². The van der Waals surface area contributed by atoms with Crippen molar-refractivity contribution in [2.75, 3.05) is 6.26 Å². The summed E-state index contributed by atoms with van der Waals surface area (Å²) in [5, 5.41) is 4.67. The van der Waals surface area contributed by atoms with Gasteiger partial charge < -0.3 is 4.74 Å². The van der Waals surface area contributed by atoms with E-state index in [2.05, 4.69) is 19.6 Å². The summed E-state index contributed by atoms with van der Waals surface area (Å²) in [5.74, 6) is -0.447. The highest BCUT2D eigenvalue weighted by atomic mass is 32.2. The standard InChI is InChI=1S/C16H14N4O2S2/c1-10-5-3-4-6-11(10)9-22-15(21)14-13(19-20-24-14)12-7-17-16(23-2)18-8-12/h3-8H,9H2,1-2H3. The summed E-state index contributed by atoms with van der Waals surface area (Å²) >= 11 is 2.45. The van der Waals surface area contributed by atoms with E-state index in [1.165, 1.54) is 11.8 Å². The average Bonchev–Trinajstić information content (AvgIpc) is 3.10. The molecule has 0 atom stereocenters. The molecule has 0 saturated heterocycles. The lowest BCUT2D eigenvalue weighted by Crippen LogP contribution is -2.06. The quantitative estimate of drug-likeness (QED) is 0.393. The first kappa shape index (κ1) is 16.5. The third-order valence-corrected chi connectivity index (χ3v) is 4.66. The van der Waals surface area contributed by atoms with Gasteiger partial charge in [0.05, 0.1) is 0 Å². The number of rotatable bonds is 5. The molecule has 8 heteroatoms. The molecule has 0 aliphatic heterocycles. The molecule has 0 aliphatic rings. The van der Waals surface area contributed by atoms with Gasteiger partial charge in [-0.25, -0.2) is 14.8 Å². The number of hydrogen-bond acceptors (Lipinski definition) is 8. The summed E-state index contributed by atoms with van der Waals surface area (Å²) in [6, 6.07) is 7.78. The lowest BCUT2D eigenvalue weighted by atomic mass is 10.1. The van der Waals surface area contributed by atoms with Gasteiger partial charge in [0.25, 0.3) is 0 Å². The normalized spacial score (nSPS) is 10.6. The molecule has 0 fully saturated rings. The summed E-state index contributed by atoms with van der Waals surface area (Å²) in [6.07, 6.45) is 5.16. The third kappa shape index (κ3) is 3.60. The number of benzene rings is 1. The van der Waals surface area contributed by atoms with Gasteiger partial charge in [0, 0.05) is 18.0 Å². The summed E-state index contributed by atoms with van der Waals surface area (Å²) in [7, 11) is 0. The third-order valence-electron chi connectivity index (χ3n) is 3.38. The maximum atomic E-state index is 12.4. The van der Waals surface area contributed by atoms with E-state index in [1.807, 2.05) is 37.4 Å². The molecule has 122 valence electrons. The second kappa shape index (κ2) is 7.50. The lowest BCUT2D eigenvalue weighted by molar-refractivity contribution is 0.0478. The summed E-state index contributed by atoms with van der Waals surface area (Å²) in [5.41, 5.74) is 3.14. The first-order valence-corrected chi connectivity index (χ1v) is 9.09. The number of esters is 1. The second-order valence-electron chi connectivity index (χ2n) is 4.91. The monoisotopic (exact) mass is 358 g/mol. The van der Waals surface area contributed by atoms with Gasteiger partial charge in [-0.15, -0.1) is 5.10 Å². The number of carbonyl (C=O) groups is 1. The Hall–Kier alpha value is -2.32. The molecule has 0 bridgehead atoms. The van der Waals surface area contributed by atoms with Crippen molar-refractivity contribution < 1.29 is 9.53 Å². The van der Waals surface area contributed by atoms with Crippen LogP contribution >= 0.6 is 23.3 Å². The van der Waals surface area contributed by atoms with Gasteiger partial charge in [-0.1, -0.05) is 40.5 Å². The van der Waals surface area contributed by atoms with Crippen molar-refractivity contribution in [3.05, 3.63) is 52.7 Å². The predicted octanol–water partition coefficient (Wildman–Crippen LogP) is 3.38. The Kier molecular flexibility index (Phi) is 5.17. The van der Waals surface area contributed by atoms with Gasteiger partial charge in [0.15, 0.2) is 10.0 Å². The minimum atomic E-state index is -0.447. The van der Waals surface area contributed by atoms with E-state index in [0.29, 0.717) is 21.3 Å². The lowest BCUT2D eigenvalue weighted by Gasteiger charge is -2.07. The molecule has 3 aromatic rings. The largest absolute Gasteiger partial charge is 0.457 e. The van der Waals surface area contributed by atoms with Crippen molar-refractivity contribution in [1.82, 2.24) is 19.6 Å². The number of ether oxygens (including phenoxy) is 1. The molecule has 24 heavy (non-hydrogen) atoms. The van der Waals surface area contributed by atoms with Crippen LogP contribution < -0.4 is 0 Å². The molecular weight excluding hydrogens is 344 g/mol. The molecular formula is C16H14N4O2S2. The van der Waals surface area contributed by atoms with Crippen molar-refractivity contribution in [3.8, 4) is 11.3 Å². The van der Waals surface area contributed by atoms with Crippen molar-refractivity contribution in [2.24, 2.45) is 0 Å². The van der Waals surface area contributed by atoms with Crippen LogP contribution in [0.2, 0.25) is 0 Å². The topological polar surface area (TPSA) is 77.9 Å². The highest BCUT2D eigenvalue weighted by Gasteiger charge is 2.20. The molecule has 2 aromatic heterocycles. The zero-order chi connectivity index (χ0) is 16.9. The first-order valence-electron chi connectivity index (χ1n) is 7.09. The molecule has 0 amide bonds. The van der Waals surface area contributed by atoms with Crippen molar-refractivity contribution in [3.63, 3.8) is 0 Å². The van der Waals surface area contributed by atoms with Gasteiger partial charge in [-0.3, -0.25) is 0 Å². The zero-order valence-electron chi connectivity index (χ0n) is 13.1. The predicted molar refractivity (Wildman–Crippen MR) is 93.0 cm³/mol. The number of aryl methyl sites for hydroxylation is 1. The summed E-state index contributed by atoms with van der Waals surface area (Å²) in [6.45, 7) is 2.19. The number of carbonyl (C=O) groups excluding carboxylic acids is 1. The Labute approximate surface area is 147 Å². The maximum absolute atomic E-state index is 12.4. The highest BCUT2D eigenvalue weighted by Crippen LogP contribution is 2.24. The van der Waals surface area contributed by atoms with Crippen LogP contribution in [0, 0.1) is 6.92 Å². The van der Waals surface area contributed by atoms with Crippen LogP contribution in [0.4, 0.5) is 0 Å². The minimum Gasteiger partial charge on any atom is -0.457 e. The van der Waals surface area contributed by atoms with Crippen LogP contribution in [0.25, 0.3) is 11.3 Å². The number of thioether (sulfide) groups is 1. The fourth-order valence-electron chi connectivity index (χ4n) is 2.04. The van der Waals surface area contributed by atoms with Crippen molar-refractivity contribution >= 4 is 29.3 Å². The Balaban J connectivity index is 1.76. The van der Waals surface area contributed by atoms with Crippen LogP contribution in [0.1, 0.15) is 20.8 Å². The van der Waals surface area contributed by atoms with Crippen molar-refractivity contribution in [2.45, 2.75) is 18.7 Å². The summed E-state index contributed by atoms with van der Waals surface area (Å²) in [4.78, 5) is 21.1. The zero-order valence-corrected chi connectivity index (χ0v) is 14.7. The van der Waals surface area contributed by atoms with Gasteiger partial charge >= 0.3 is 5.97 Å². The molecule has 0 saturated carbocycles. The summed E-state index contributed by atoms with van der Waals surface area (Å²) < 4.78 is 9.27. The maximum Gasteiger partial charge on any atom is 0.352 e. The van der Waals surface area contributed by atoms with Crippen LogP contribution in [0.15, 0.2) is 41.8 Å². The minimum absolute atomic E-state index is 0.213. The van der Waals surface area contributed by atoms with Crippen LogP contribution in [0.3, 0.4) is 0 Å². The van der Waals surface area contributed by atoms with Crippen LogP contribution in [-0.2, 0) is 11.3 Å². The Morgan fingerprint density at radius 1 is 1.25 bits per heavy atom. The molecule has 6 nitrogen and oxygen atoms in total. The number of aromatic nitrogens is 4. The molecule has 0 N–H and O–H groups in total. The van der Waals surface area contributed by atoms with E-state index in [0.717, 1.165) is 22.7 Å². The van der Waals surface area contributed by atoms with Crippen LogP contribution in [-0.4, -0.2) is 31.8 Å². The Morgan fingerprint density at radius 3 is 2.71 bits per heavy atom. The van der Waals surface area contributed by atoms with E-state index in [4.69, 9.17) is 4.74 Å². The molecule has 3 rings (SSSR count). The van der Waals surface area contributed by atoms with E-state index in [-0.39, 0.29) is 6.61 Å². The Bertz CT molecular complexity index is 849. The van der Waals surface area contributed by atoms with E-state index >= 15 is 0 Å². The SMILES string of the molecule is CSc1ncc(-c2nnsc2C(=O)OCc2ccccc2C)cn1. The molecule has 1 aromatic carbocycles. The van der Waals surface area contributed by atoms with Gasteiger partial charge in [-0.05, 0) is 35.8 Å². The van der Waals surface area contributed by atoms with E-state index in [1.54, 1.807) is 12.4 Å². The molecule has 0 radical (unpaired) electrons. The second-order valence-corrected chi connectivity index (χ2v) is 6.44. The van der Waals surface area contributed by atoms with E-state index in [9.17, 15) is 4.79 Å². The number of nitrogens with zero attached hydrogens (tertiary/aromatic N) is 4. The average molecular weight is 358 g/mol. The molecule has 2 heterocycles. The smallest absolute Gasteiger partial charge is 0.352 e. The molecule has 0 unspecified atom stereocenters. The fourth-order valence-corrected chi connectivity index (χ4v) is 2.94.